The Morgan fingerprint density at radius 3 is 2.60 bits per heavy atom. The maximum atomic E-state index is 12.5. The van der Waals surface area contributed by atoms with Gasteiger partial charge in [0, 0.05) is 6.54 Å². The number of nitrogens with one attached hydrogen (secondary N) is 2. The van der Waals surface area contributed by atoms with E-state index in [-0.39, 0.29) is 11.1 Å². The van der Waals surface area contributed by atoms with Crippen molar-refractivity contribution in [2.45, 2.75) is 39.8 Å². The molecular formula is C18H23ClN4O2. The molecule has 0 fully saturated rings. The van der Waals surface area contributed by atoms with Crippen molar-refractivity contribution in [1.82, 2.24) is 20.4 Å². The fraction of sp³-hybridized carbons (Fsp3) is 0.389. The Kier molecular flexibility index (Phi) is 6.58. The summed E-state index contributed by atoms with van der Waals surface area (Å²) in [6.07, 6.45) is 0.837. The molecule has 1 aromatic heterocycles. The molecule has 6 nitrogen and oxygen atoms in total. The second-order valence-electron chi connectivity index (χ2n) is 5.88. The number of carbonyl (C=O) groups excluding carboxylic acids is 2. The van der Waals surface area contributed by atoms with Gasteiger partial charge in [0.2, 0.25) is 5.91 Å². The Labute approximate surface area is 152 Å². The first kappa shape index (κ1) is 19.0. The van der Waals surface area contributed by atoms with Gasteiger partial charge in [0.25, 0.3) is 5.91 Å². The molecule has 2 rings (SSSR count). The molecule has 0 saturated carbocycles. The molecular weight excluding hydrogens is 340 g/mol. The van der Waals surface area contributed by atoms with Gasteiger partial charge in [-0.15, -0.1) is 0 Å². The van der Waals surface area contributed by atoms with Crippen LogP contribution in [0.5, 0.6) is 0 Å². The molecule has 0 saturated heterocycles. The van der Waals surface area contributed by atoms with Crippen molar-refractivity contribution in [3.8, 4) is 0 Å². The van der Waals surface area contributed by atoms with E-state index in [1.54, 1.807) is 18.5 Å². The van der Waals surface area contributed by atoms with E-state index in [4.69, 9.17) is 11.6 Å². The molecule has 2 aromatic rings. The van der Waals surface area contributed by atoms with Gasteiger partial charge in [0.1, 0.15) is 11.2 Å². The molecule has 2 N–H and O–H groups in total. The summed E-state index contributed by atoms with van der Waals surface area (Å²) >= 11 is 6.36. The van der Waals surface area contributed by atoms with E-state index in [1.165, 1.54) is 0 Å². The molecule has 0 aliphatic carbocycles. The Hall–Kier alpha value is -2.34. The van der Waals surface area contributed by atoms with Crippen molar-refractivity contribution < 1.29 is 9.59 Å². The molecule has 0 aliphatic heterocycles. The van der Waals surface area contributed by atoms with Crippen LogP contribution in [0.1, 0.15) is 41.9 Å². The summed E-state index contributed by atoms with van der Waals surface area (Å²) in [6.45, 7) is 6.38. The van der Waals surface area contributed by atoms with Gasteiger partial charge in [-0.05, 0) is 25.8 Å². The molecule has 2 amide bonds. The van der Waals surface area contributed by atoms with E-state index in [1.807, 2.05) is 37.3 Å². The molecule has 0 unspecified atom stereocenters. The number of hydrogen-bond acceptors (Lipinski definition) is 3. The van der Waals surface area contributed by atoms with Crippen molar-refractivity contribution >= 4 is 23.4 Å². The molecule has 1 aromatic carbocycles. The third kappa shape index (κ3) is 4.82. The summed E-state index contributed by atoms with van der Waals surface area (Å²) in [5, 5.41) is 10.0. The van der Waals surface area contributed by atoms with Gasteiger partial charge in [0.05, 0.1) is 17.8 Å². The van der Waals surface area contributed by atoms with Gasteiger partial charge in [-0.25, -0.2) is 4.68 Å². The van der Waals surface area contributed by atoms with Crippen LogP contribution < -0.4 is 10.6 Å². The van der Waals surface area contributed by atoms with Gasteiger partial charge < -0.3 is 10.6 Å². The maximum absolute atomic E-state index is 12.5. The van der Waals surface area contributed by atoms with Crippen molar-refractivity contribution in [3.05, 3.63) is 52.3 Å². The maximum Gasteiger partial charge on any atom is 0.256 e. The molecule has 0 bridgehead atoms. The highest BCUT2D eigenvalue weighted by molar-refractivity contribution is 6.33. The zero-order valence-corrected chi connectivity index (χ0v) is 15.4. The lowest BCUT2D eigenvalue weighted by atomic mass is 10.2. The van der Waals surface area contributed by atoms with Crippen LogP contribution in [0.25, 0.3) is 0 Å². The highest BCUT2D eigenvalue weighted by Crippen LogP contribution is 2.21. The highest BCUT2D eigenvalue weighted by atomic mass is 35.5. The largest absolute Gasteiger partial charge is 0.354 e. The fourth-order valence-corrected chi connectivity index (χ4v) is 2.73. The summed E-state index contributed by atoms with van der Waals surface area (Å²) < 4.78 is 1.59. The van der Waals surface area contributed by atoms with Crippen LogP contribution in [0.2, 0.25) is 5.15 Å². The summed E-state index contributed by atoms with van der Waals surface area (Å²) in [5.41, 5.74) is 1.86. The minimum absolute atomic E-state index is 0.222. The first-order valence-electron chi connectivity index (χ1n) is 8.29. The average Bonchev–Trinajstić information content (AvgIpc) is 2.87. The SMILES string of the molecule is CCCNC(=O)[C@@H](C)NC(=O)c1c(C)nn(Cc2ccccc2)c1Cl. The third-order valence-electron chi connectivity index (χ3n) is 3.76. The Morgan fingerprint density at radius 1 is 1.28 bits per heavy atom. The molecule has 134 valence electrons. The van der Waals surface area contributed by atoms with Crippen molar-refractivity contribution in [2.75, 3.05) is 6.54 Å². The fourth-order valence-electron chi connectivity index (χ4n) is 2.41. The number of halogens is 1. The van der Waals surface area contributed by atoms with Gasteiger partial charge in [-0.2, -0.15) is 5.10 Å². The number of carbonyl (C=O) groups is 2. The first-order valence-corrected chi connectivity index (χ1v) is 8.67. The first-order chi connectivity index (χ1) is 11.9. The van der Waals surface area contributed by atoms with E-state index in [0.29, 0.717) is 24.3 Å². The van der Waals surface area contributed by atoms with Crippen molar-refractivity contribution in [2.24, 2.45) is 0 Å². The number of aromatic nitrogens is 2. The third-order valence-corrected chi connectivity index (χ3v) is 4.14. The second kappa shape index (κ2) is 8.67. The lowest BCUT2D eigenvalue weighted by molar-refractivity contribution is -0.122. The van der Waals surface area contributed by atoms with Gasteiger partial charge >= 0.3 is 0 Å². The molecule has 0 radical (unpaired) electrons. The average molecular weight is 363 g/mol. The number of aryl methyl sites for hydroxylation is 1. The molecule has 25 heavy (non-hydrogen) atoms. The lowest BCUT2D eigenvalue weighted by Gasteiger charge is -2.13. The predicted octanol–water partition coefficient (Wildman–Crippen LogP) is 2.54. The Bertz CT molecular complexity index is 743. The number of nitrogens with zero attached hydrogens (tertiary/aromatic N) is 2. The number of benzene rings is 1. The Morgan fingerprint density at radius 2 is 1.96 bits per heavy atom. The molecule has 1 heterocycles. The van der Waals surface area contributed by atoms with Gasteiger partial charge in [-0.1, -0.05) is 48.9 Å². The lowest BCUT2D eigenvalue weighted by Crippen LogP contribution is -2.45. The summed E-state index contributed by atoms with van der Waals surface area (Å²) in [6, 6.07) is 9.09. The van der Waals surface area contributed by atoms with Crippen LogP contribution in [0.3, 0.4) is 0 Å². The normalized spacial score (nSPS) is 11.8. The number of hydrogen-bond donors (Lipinski definition) is 2. The second-order valence-corrected chi connectivity index (χ2v) is 6.24. The summed E-state index contributed by atoms with van der Waals surface area (Å²) in [5.74, 6) is -0.624. The van der Waals surface area contributed by atoms with Crippen LogP contribution in [0, 0.1) is 6.92 Å². The van der Waals surface area contributed by atoms with Crippen LogP contribution in [-0.4, -0.2) is 34.2 Å². The summed E-state index contributed by atoms with van der Waals surface area (Å²) in [4.78, 5) is 24.4. The quantitative estimate of drug-likeness (QED) is 0.794. The van der Waals surface area contributed by atoms with Crippen LogP contribution in [-0.2, 0) is 11.3 Å². The molecule has 7 heteroatoms. The molecule has 0 spiro atoms. The van der Waals surface area contributed by atoms with Crippen molar-refractivity contribution in [1.29, 1.82) is 0 Å². The van der Waals surface area contributed by atoms with Crippen LogP contribution in [0.15, 0.2) is 30.3 Å². The number of amides is 2. The highest BCUT2D eigenvalue weighted by Gasteiger charge is 2.23. The van der Waals surface area contributed by atoms with Gasteiger partial charge in [0.15, 0.2) is 0 Å². The van der Waals surface area contributed by atoms with Crippen LogP contribution in [0.4, 0.5) is 0 Å². The standard InChI is InChI=1S/C18H23ClN4O2/c1-4-10-20-17(24)13(3)21-18(25)15-12(2)22-23(16(15)19)11-14-8-6-5-7-9-14/h5-9,13H,4,10-11H2,1-3H3,(H,20,24)(H,21,25)/t13-/m1/s1. The minimum Gasteiger partial charge on any atom is -0.354 e. The monoisotopic (exact) mass is 362 g/mol. The number of rotatable bonds is 7. The predicted molar refractivity (Wildman–Crippen MR) is 97.7 cm³/mol. The Balaban J connectivity index is 2.11. The van der Waals surface area contributed by atoms with E-state index in [9.17, 15) is 9.59 Å². The minimum atomic E-state index is -0.646. The summed E-state index contributed by atoms with van der Waals surface area (Å²) in [7, 11) is 0. The molecule has 1 atom stereocenters. The van der Waals surface area contributed by atoms with E-state index >= 15 is 0 Å². The van der Waals surface area contributed by atoms with Gasteiger partial charge in [-0.3, -0.25) is 9.59 Å². The van der Waals surface area contributed by atoms with E-state index in [0.717, 1.165) is 12.0 Å². The zero-order valence-electron chi connectivity index (χ0n) is 14.7. The van der Waals surface area contributed by atoms with E-state index < -0.39 is 11.9 Å². The molecule has 0 aliphatic rings. The van der Waals surface area contributed by atoms with E-state index in [2.05, 4.69) is 15.7 Å². The smallest absolute Gasteiger partial charge is 0.256 e. The topological polar surface area (TPSA) is 76.0 Å². The van der Waals surface area contributed by atoms with Crippen LogP contribution >= 0.6 is 11.6 Å². The van der Waals surface area contributed by atoms with Crippen molar-refractivity contribution in [3.63, 3.8) is 0 Å². The zero-order chi connectivity index (χ0) is 18.4.